The van der Waals surface area contributed by atoms with Gasteiger partial charge in [-0.1, -0.05) is 15.9 Å². The van der Waals surface area contributed by atoms with Crippen molar-refractivity contribution in [2.75, 3.05) is 17.7 Å². The molecule has 2 rings (SSSR count). The average molecular weight is 396 g/mol. The second kappa shape index (κ2) is 8.96. The largest absolute Gasteiger partial charge is 0.491 e. The summed E-state index contributed by atoms with van der Waals surface area (Å²) in [6, 6.07) is 15.0. The molecule has 0 spiro atoms. The molecule has 4 nitrogen and oxygen atoms in total. The third-order valence-corrected chi connectivity index (χ3v) is 4.56. The molecular formula is C17H18BrNO3S. The van der Waals surface area contributed by atoms with Gasteiger partial charge in [-0.05, 0) is 48.5 Å². The Labute approximate surface area is 148 Å². The Balaban J connectivity index is 1.74. The number of amides is 1. The van der Waals surface area contributed by atoms with E-state index in [4.69, 9.17) is 4.74 Å². The van der Waals surface area contributed by atoms with Crippen LogP contribution in [0.4, 0.5) is 5.69 Å². The molecule has 0 saturated carbocycles. The lowest BCUT2D eigenvalue weighted by Crippen LogP contribution is -2.20. The van der Waals surface area contributed by atoms with Crippen LogP contribution in [-0.4, -0.2) is 29.5 Å². The lowest BCUT2D eigenvalue weighted by Gasteiger charge is -2.12. The number of rotatable bonds is 7. The summed E-state index contributed by atoms with van der Waals surface area (Å²) < 4.78 is 6.59. The van der Waals surface area contributed by atoms with E-state index in [0.717, 1.165) is 15.1 Å². The fraction of sp³-hybridized carbons (Fsp3) is 0.235. The normalized spacial score (nSPS) is 11.8. The molecule has 0 aromatic heterocycles. The lowest BCUT2D eigenvalue weighted by molar-refractivity contribution is -0.114. The zero-order chi connectivity index (χ0) is 16.7. The maximum absolute atomic E-state index is 10.9. The Morgan fingerprint density at radius 2 is 1.87 bits per heavy atom. The van der Waals surface area contributed by atoms with Gasteiger partial charge in [0.1, 0.15) is 12.4 Å². The number of hydrogen-bond donors (Lipinski definition) is 2. The highest BCUT2D eigenvalue weighted by Gasteiger charge is 2.07. The van der Waals surface area contributed by atoms with E-state index in [1.807, 2.05) is 24.3 Å². The second-order valence-corrected chi connectivity index (χ2v) is 6.94. The molecule has 2 aromatic carbocycles. The molecule has 1 amide bonds. The highest BCUT2D eigenvalue weighted by atomic mass is 79.9. The predicted octanol–water partition coefficient (Wildman–Crippen LogP) is 3.94. The van der Waals surface area contributed by atoms with Crippen molar-refractivity contribution in [2.24, 2.45) is 0 Å². The van der Waals surface area contributed by atoms with Crippen molar-refractivity contribution in [3.05, 3.63) is 53.0 Å². The minimum absolute atomic E-state index is 0.112. The number of halogens is 1. The van der Waals surface area contributed by atoms with Crippen LogP contribution in [-0.2, 0) is 4.79 Å². The Kier molecular flexibility index (Phi) is 6.95. The van der Waals surface area contributed by atoms with Crippen LogP contribution >= 0.6 is 27.7 Å². The molecule has 23 heavy (non-hydrogen) atoms. The van der Waals surface area contributed by atoms with Crippen LogP contribution in [0.1, 0.15) is 6.92 Å². The van der Waals surface area contributed by atoms with E-state index in [0.29, 0.717) is 11.5 Å². The lowest BCUT2D eigenvalue weighted by atomic mass is 10.3. The molecule has 2 N–H and O–H groups in total. The minimum Gasteiger partial charge on any atom is -0.491 e. The molecule has 6 heteroatoms. The number of nitrogens with one attached hydrogen (secondary N) is 1. The van der Waals surface area contributed by atoms with E-state index in [-0.39, 0.29) is 12.5 Å². The summed E-state index contributed by atoms with van der Waals surface area (Å²) in [5, 5.41) is 12.7. The third-order valence-electron chi connectivity index (χ3n) is 2.87. The molecule has 0 aliphatic carbocycles. The summed E-state index contributed by atoms with van der Waals surface area (Å²) >= 11 is 4.98. The van der Waals surface area contributed by atoms with Crippen molar-refractivity contribution < 1.29 is 14.6 Å². The van der Waals surface area contributed by atoms with Crippen molar-refractivity contribution in [2.45, 2.75) is 17.9 Å². The molecule has 0 aliphatic heterocycles. The van der Waals surface area contributed by atoms with Gasteiger partial charge in [-0.2, -0.15) is 0 Å². The topological polar surface area (TPSA) is 58.6 Å². The van der Waals surface area contributed by atoms with Crippen molar-refractivity contribution >= 4 is 39.3 Å². The standard InChI is InChI=1S/C17H18BrNO3S/c1-12(20)19-14-4-6-16(7-5-14)22-10-15(21)11-23-17-8-2-13(18)3-9-17/h2-9,15,21H,10-11H2,1H3,(H,19,20). The number of aliphatic hydroxyl groups is 1. The van der Waals surface area contributed by atoms with E-state index >= 15 is 0 Å². The van der Waals surface area contributed by atoms with Gasteiger partial charge in [0.25, 0.3) is 0 Å². The fourth-order valence-corrected chi connectivity index (χ4v) is 2.88. The molecule has 0 fully saturated rings. The summed E-state index contributed by atoms with van der Waals surface area (Å²) in [6.45, 7) is 1.69. The first kappa shape index (κ1) is 17.8. The average Bonchev–Trinajstić information content (AvgIpc) is 2.53. The van der Waals surface area contributed by atoms with Crippen molar-refractivity contribution in [1.82, 2.24) is 0 Å². The zero-order valence-electron chi connectivity index (χ0n) is 12.7. The van der Waals surface area contributed by atoms with E-state index in [1.54, 1.807) is 36.0 Å². The Morgan fingerprint density at radius 3 is 2.48 bits per heavy atom. The maximum Gasteiger partial charge on any atom is 0.221 e. The predicted molar refractivity (Wildman–Crippen MR) is 97.1 cm³/mol. The number of hydrogen-bond acceptors (Lipinski definition) is 4. The van der Waals surface area contributed by atoms with Crippen molar-refractivity contribution in [3.63, 3.8) is 0 Å². The SMILES string of the molecule is CC(=O)Nc1ccc(OCC(O)CSc2ccc(Br)cc2)cc1. The Morgan fingerprint density at radius 1 is 1.22 bits per heavy atom. The van der Waals surface area contributed by atoms with Crippen molar-refractivity contribution in [3.8, 4) is 5.75 Å². The van der Waals surface area contributed by atoms with Crippen molar-refractivity contribution in [1.29, 1.82) is 0 Å². The van der Waals surface area contributed by atoms with E-state index in [1.165, 1.54) is 6.92 Å². The van der Waals surface area contributed by atoms with Gasteiger partial charge in [-0.25, -0.2) is 0 Å². The molecule has 0 bridgehead atoms. The van der Waals surface area contributed by atoms with E-state index < -0.39 is 6.10 Å². The number of ether oxygens (including phenoxy) is 1. The summed E-state index contributed by atoms with van der Waals surface area (Å²) in [4.78, 5) is 12.0. The highest BCUT2D eigenvalue weighted by molar-refractivity contribution is 9.10. The Bertz CT molecular complexity index is 631. The second-order valence-electron chi connectivity index (χ2n) is 4.94. The number of carbonyl (C=O) groups is 1. The van der Waals surface area contributed by atoms with Gasteiger partial charge in [0, 0.05) is 27.7 Å². The van der Waals surface area contributed by atoms with Crippen LogP contribution in [0, 0.1) is 0 Å². The van der Waals surface area contributed by atoms with Gasteiger partial charge in [-0.15, -0.1) is 11.8 Å². The Hall–Kier alpha value is -1.50. The number of carbonyl (C=O) groups excluding carboxylic acids is 1. The first-order valence-corrected chi connectivity index (χ1v) is 8.87. The maximum atomic E-state index is 10.9. The summed E-state index contributed by atoms with van der Waals surface area (Å²) in [5.74, 6) is 1.11. The van der Waals surface area contributed by atoms with E-state index in [2.05, 4.69) is 21.2 Å². The summed E-state index contributed by atoms with van der Waals surface area (Å²) in [5.41, 5.74) is 0.719. The van der Waals surface area contributed by atoms with Gasteiger partial charge >= 0.3 is 0 Å². The molecule has 0 aliphatic rings. The van der Waals surface area contributed by atoms with Crippen LogP contribution in [0.2, 0.25) is 0 Å². The first-order chi connectivity index (χ1) is 11.0. The van der Waals surface area contributed by atoms with Gasteiger partial charge in [0.05, 0.1) is 6.10 Å². The van der Waals surface area contributed by atoms with Crippen LogP contribution in [0.15, 0.2) is 57.9 Å². The summed E-state index contributed by atoms with van der Waals surface area (Å²) in [6.07, 6.45) is -0.557. The first-order valence-electron chi connectivity index (χ1n) is 7.10. The number of anilines is 1. The molecule has 2 aromatic rings. The molecule has 0 saturated heterocycles. The molecule has 1 atom stereocenters. The van der Waals surface area contributed by atoms with Gasteiger partial charge in [0.2, 0.25) is 5.91 Å². The van der Waals surface area contributed by atoms with Crippen LogP contribution in [0.3, 0.4) is 0 Å². The van der Waals surface area contributed by atoms with Gasteiger partial charge in [0.15, 0.2) is 0 Å². The molecule has 0 heterocycles. The molecule has 1 unspecified atom stereocenters. The fourth-order valence-electron chi connectivity index (χ4n) is 1.80. The monoisotopic (exact) mass is 395 g/mol. The van der Waals surface area contributed by atoms with Crippen LogP contribution < -0.4 is 10.1 Å². The van der Waals surface area contributed by atoms with Gasteiger partial charge < -0.3 is 15.2 Å². The zero-order valence-corrected chi connectivity index (χ0v) is 15.1. The quantitative estimate of drug-likeness (QED) is 0.697. The third kappa shape index (κ3) is 6.64. The van der Waals surface area contributed by atoms with Crippen LogP contribution in [0.5, 0.6) is 5.75 Å². The summed E-state index contributed by atoms with van der Waals surface area (Å²) in [7, 11) is 0. The number of benzene rings is 2. The number of aliphatic hydroxyl groups excluding tert-OH is 1. The molecule has 0 radical (unpaired) electrons. The minimum atomic E-state index is -0.557. The smallest absolute Gasteiger partial charge is 0.221 e. The number of thioether (sulfide) groups is 1. The van der Waals surface area contributed by atoms with E-state index in [9.17, 15) is 9.90 Å². The van der Waals surface area contributed by atoms with Gasteiger partial charge in [-0.3, -0.25) is 4.79 Å². The molecular weight excluding hydrogens is 378 g/mol. The highest BCUT2D eigenvalue weighted by Crippen LogP contribution is 2.22. The molecule has 122 valence electrons. The van der Waals surface area contributed by atoms with Crippen LogP contribution in [0.25, 0.3) is 0 Å².